The van der Waals surface area contributed by atoms with Crippen LogP contribution in [0.5, 0.6) is 0 Å². The van der Waals surface area contributed by atoms with Gasteiger partial charge in [-0.25, -0.2) is 0 Å². The molecule has 0 radical (unpaired) electrons. The number of Topliss-reactive ketones (excluding diaryl/α,β-unsaturated/α-hetero) is 1. The van der Waals surface area contributed by atoms with E-state index in [0.717, 1.165) is 38.5 Å². The van der Waals surface area contributed by atoms with E-state index >= 15 is 0 Å². The zero-order chi connectivity index (χ0) is 16.4. The van der Waals surface area contributed by atoms with Gasteiger partial charge >= 0.3 is 5.97 Å². The predicted octanol–water partition coefficient (Wildman–Crippen LogP) is 3.42. The smallest absolute Gasteiger partial charge is 0.305 e. The first kappa shape index (κ1) is 18.9. The zero-order valence-corrected chi connectivity index (χ0v) is 13.9. The SMILES string of the molecule is CCOC(=O)CCCCCCC(O)/C=C/[C@H]1CCC(=O)[C@@H]1C. The second kappa shape index (κ2) is 10.5. The number of hydrogen-bond donors (Lipinski definition) is 1. The number of carbonyl (C=O) groups is 2. The summed E-state index contributed by atoms with van der Waals surface area (Å²) in [7, 11) is 0. The molecule has 0 spiro atoms. The van der Waals surface area contributed by atoms with Crippen LogP contribution in [0.1, 0.15) is 65.2 Å². The molecule has 0 amide bonds. The van der Waals surface area contributed by atoms with E-state index in [1.807, 2.05) is 26.0 Å². The van der Waals surface area contributed by atoms with Crippen LogP contribution in [0.2, 0.25) is 0 Å². The average Bonchev–Trinajstić information content (AvgIpc) is 2.80. The lowest BCUT2D eigenvalue weighted by molar-refractivity contribution is -0.143. The number of carbonyl (C=O) groups excluding carboxylic acids is 2. The topological polar surface area (TPSA) is 63.6 Å². The lowest BCUT2D eigenvalue weighted by atomic mass is 9.96. The molecule has 1 saturated carbocycles. The van der Waals surface area contributed by atoms with Crippen LogP contribution < -0.4 is 0 Å². The highest BCUT2D eigenvalue weighted by atomic mass is 16.5. The zero-order valence-electron chi connectivity index (χ0n) is 13.9. The number of rotatable bonds is 10. The molecule has 0 aromatic heterocycles. The van der Waals surface area contributed by atoms with Gasteiger partial charge in [-0.2, -0.15) is 0 Å². The van der Waals surface area contributed by atoms with Crippen LogP contribution in [0, 0.1) is 11.8 Å². The predicted molar refractivity (Wildman–Crippen MR) is 86.4 cm³/mol. The largest absolute Gasteiger partial charge is 0.466 e. The molecule has 0 aromatic carbocycles. The molecule has 4 nitrogen and oxygen atoms in total. The van der Waals surface area contributed by atoms with E-state index in [9.17, 15) is 14.7 Å². The summed E-state index contributed by atoms with van der Waals surface area (Å²) in [5, 5.41) is 9.93. The summed E-state index contributed by atoms with van der Waals surface area (Å²) in [6.07, 6.45) is 10.1. The third kappa shape index (κ3) is 7.21. The van der Waals surface area contributed by atoms with Crippen molar-refractivity contribution in [2.45, 2.75) is 71.3 Å². The Kier molecular flexibility index (Phi) is 9.05. The molecule has 0 heterocycles. The number of allylic oxidation sites excluding steroid dienone is 1. The normalized spacial score (nSPS) is 23.1. The Labute approximate surface area is 133 Å². The third-order valence-corrected chi connectivity index (χ3v) is 4.39. The number of ketones is 1. The van der Waals surface area contributed by atoms with Gasteiger partial charge in [-0.15, -0.1) is 0 Å². The second-order valence-corrected chi connectivity index (χ2v) is 6.17. The molecule has 0 aliphatic heterocycles. The molecular formula is C18H30O4. The average molecular weight is 310 g/mol. The molecule has 0 bridgehead atoms. The van der Waals surface area contributed by atoms with Crippen LogP contribution >= 0.6 is 0 Å². The van der Waals surface area contributed by atoms with Crippen LogP contribution in [-0.4, -0.2) is 29.6 Å². The summed E-state index contributed by atoms with van der Waals surface area (Å²) in [5.74, 6) is 0.620. The Bertz CT molecular complexity index is 375. The molecule has 0 saturated heterocycles. The van der Waals surface area contributed by atoms with Crippen molar-refractivity contribution in [3.05, 3.63) is 12.2 Å². The maximum Gasteiger partial charge on any atom is 0.305 e. The van der Waals surface area contributed by atoms with Gasteiger partial charge in [-0.3, -0.25) is 9.59 Å². The van der Waals surface area contributed by atoms with E-state index in [-0.39, 0.29) is 11.9 Å². The van der Waals surface area contributed by atoms with Crippen molar-refractivity contribution < 1.29 is 19.4 Å². The summed E-state index contributed by atoms with van der Waals surface area (Å²) >= 11 is 0. The Morgan fingerprint density at radius 2 is 2.09 bits per heavy atom. The molecule has 1 rings (SSSR count). The van der Waals surface area contributed by atoms with Crippen LogP contribution in [0.4, 0.5) is 0 Å². The van der Waals surface area contributed by atoms with Crippen molar-refractivity contribution >= 4 is 11.8 Å². The van der Waals surface area contributed by atoms with Gasteiger partial charge in [0.1, 0.15) is 5.78 Å². The molecular weight excluding hydrogens is 280 g/mol. The molecule has 1 unspecified atom stereocenters. The molecule has 1 aliphatic rings. The van der Waals surface area contributed by atoms with Crippen molar-refractivity contribution in [3.8, 4) is 0 Å². The first-order chi connectivity index (χ1) is 10.5. The number of unbranched alkanes of at least 4 members (excludes halogenated alkanes) is 3. The van der Waals surface area contributed by atoms with Crippen molar-refractivity contribution in [1.29, 1.82) is 0 Å². The molecule has 1 fully saturated rings. The molecule has 126 valence electrons. The third-order valence-electron chi connectivity index (χ3n) is 4.39. The first-order valence-electron chi connectivity index (χ1n) is 8.59. The van der Waals surface area contributed by atoms with E-state index < -0.39 is 6.10 Å². The minimum Gasteiger partial charge on any atom is -0.466 e. The van der Waals surface area contributed by atoms with Gasteiger partial charge in [0.2, 0.25) is 0 Å². The van der Waals surface area contributed by atoms with Gasteiger partial charge in [0, 0.05) is 18.8 Å². The summed E-state index contributed by atoms with van der Waals surface area (Å²) in [6, 6.07) is 0. The Morgan fingerprint density at radius 3 is 2.73 bits per heavy atom. The summed E-state index contributed by atoms with van der Waals surface area (Å²) in [6.45, 7) is 4.23. The van der Waals surface area contributed by atoms with Gasteiger partial charge in [-0.1, -0.05) is 38.3 Å². The quantitative estimate of drug-likeness (QED) is 0.381. The number of aliphatic hydroxyl groups is 1. The molecule has 0 aromatic rings. The fourth-order valence-electron chi connectivity index (χ4n) is 2.86. The Morgan fingerprint density at radius 1 is 1.36 bits per heavy atom. The fraction of sp³-hybridized carbons (Fsp3) is 0.778. The minimum absolute atomic E-state index is 0.103. The van der Waals surface area contributed by atoms with Crippen LogP contribution in [-0.2, 0) is 14.3 Å². The second-order valence-electron chi connectivity index (χ2n) is 6.17. The highest BCUT2D eigenvalue weighted by Gasteiger charge is 2.28. The number of ether oxygens (including phenoxy) is 1. The van der Waals surface area contributed by atoms with E-state index in [1.165, 1.54) is 0 Å². The van der Waals surface area contributed by atoms with Crippen LogP contribution in [0.15, 0.2) is 12.2 Å². The maximum absolute atomic E-state index is 11.5. The van der Waals surface area contributed by atoms with E-state index in [2.05, 4.69) is 0 Å². The maximum atomic E-state index is 11.5. The van der Waals surface area contributed by atoms with E-state index in [4.69, 9.17) is 4.74 Å². The van der Waals surface area contributed by atoms with Gasteiger partial charge in [-0.05, 0) is 32.1 Å². The summed E-state index contributed by atoms with van der Waals surface area (Å²) in [4.78, 5) is 22.6. The monoisotopic (exact) mass is 310 g/mol. The standard InChI is InChI=1S/C18H30O4/c1-3-22-18(21)9-7-5-4-6-8-16(19)12-10-15-11-13-17(20)14(15)2/h10,12,14-16,19H,3-9,11,13H2,1-2H3/b12-10+/t14-,15+,16?/m1/s1. The van der Waals surface area contributed by atoms with Gasteiger partial charge in [0.05, 0.1) is 12.7 Å². The highest BCUT2D eigenvalue weighted by molar-refractivity contribution is 5.83. The first-order valence-corrected chi connectivity index (χ1v) is 8.59. The lowest BCUT2D eigenvalue weighted by Crippen LogP contribution is -2.09. The molecule has 1 aliphatic carbocycles. The molecule has 22 heavy (non-hydrogen) atoms. The number of hydrogen-bond acceptors (Lipinski definition) is 4. The molecule has 3 atom stereocenters. The van der Waals surface area contributed by atoms with Crippen molar-refractivity contribution in [1.82, 2.24) is 0 Å². The van der Waals surface area contributed by atoms with Crippen molar-refractivity contribution in [2.24, 2.45) is 11.8 Å². The number of esters is 1. The number of aliphatic hydroxyl groups excluding tert-OH is 1. The van der Waals surface area contributed by atoms with E-state index in [0.29, 0.717) is 31.1 Å². The van der Waals surface area contributed by atoms with E-state index in [1.54, 1.807) is 0 Å². The lowest BCUT2D eigenvalue weighted by Gasteiger charge is -2.10. The van der Waals surface area contributed by atoms with Crippen LogP contribution in [0.25, 0.3) is 0 Å². The molecule has 4 heteroatoms. The molecule has 1 N–H and O–H groups in total. The Balaban J connectivity index is 2.05. The summed E-state index contributed by atoms with van der Waals surface area (Å²) in [5.41, 5.74) is 0. The van der Waals surface area contributed by atoms with Crippen molar-refractivity contribution in [2.75, 3.05) is 6.61 Å². The van der Waals surface area contributed by atoms with Crippen molar-refractivity contribution in [3.63, 3.8) is 0 Å². The minimum atomic E-state index is -0.423. The van der Waals surface area contributed by atoms with Gasteiger partial charge in [0.15, 0.2) is 0 Å². The highest BCUT2D eigenvalue weighted by Crippen LogP contribution is 2.29. The summed E-state index contributed by atoms with van der Waals surface area (Å²) < 4.78 is 4.87. The Hall–Kier alpha value is -1.16. The fourth-order valence-corrected chi connectivity index (χ4v) is 2.86. The van der Waals surface area contributed by atoms with Gasteiger partial charge < -0.3 is 9.84 Å². The van der Waals surface area contributed by atoms with Crippen LogP contribution in [0.3, 0.4) is 0 Å². The van der Waals surface area contributed by atoms with Gasteiger partial charge in [0.25, 0.3) is 0 Å².